The van der Waals surface area contributed by atoms with Gasteiger partial charge in [0, 0.05) is 29.4 Å². The summed E-state index contributed by atoms with van der Waals surface area (Å²) in [4.78, 5) is 18.5. The minimum Gasteiger partial charge on any atom is -0.475 e. The zero-order valence-electron chi connectivity index (χ0n) is 21.8. The van der Waals surface area contributed by atoms with Gasteiger partial charge in [0.05, 0.1) is 16.5 Å². The number of imidazole rings is 1. The number of nitrogens with one attached hydrogen (secondary N) is 1. The van der Waals surface area contributed by atoms with Crippen molar-refractivity contribution in [2.75, 3.05) is 4.72 Å². The number of alkyl halides is 3. The fourth-order valence-electron chi connectivity index (χ4n) is 3.83. The van der Waals surface area contributed by atoms with Crippen LogP contribution in [-0.2, 0) is 27.8 Å². The monoisotopic (exact) mass is 622 g/mol. The highest BCUT2D eigenvalue weighted by Crippen LogP contribution is 2.38. The molecule has 2 N–H and O–H groups in total. The molecule has 3 aromatic heterocycles. The quantitative estimate of drug-likeness (QED) is 0.195. The van der Waals surface area contributed by atoms with Gasteiger partial charge in [-0.3, -0.25) is 4.72 Å². The van der Waals surface area contributed by atoms with E-state index in [1.807, 2.05) is 59.3 Å². The largest absolute Gasteiger partial charge is 0.490 e. The van der Waals surface area contributed by atoms with Gasteiger partial charge in [-0.1, -0.05) is 55.5 Å². The molecule has 3 heterocycles. The predicted molar refractivity (Wildman–Crippen MR) is 154 cm³/mol. The van der Waals surface area contributed by atoms with Gasteiger partial charge >= 0.3 is 12.1 Å². The van der Waals surface area contributed by atoms with Crippen LogP contribution in [0.3, 0.4) is 0 Å². The second-order valence-corrected chi connectivity index (χ2v) is 13.4. The maximum Gasteiger partial charge on any atom is 0.490 e. The number of benzene rings is 2. The number of hydrogen-bond donors (Lipinski definition) is 2. The van der Waals surface area contributed by atoms with Crippen molar-refractivity contribution in [3.05, 3.63) is 83.8 Å². The van der Waals surface area contributed by atoms with E-state index < -0.39 is 22.2 Å². The van der Waals surface area contributed by atoms with Gasteiger partial charge in [0.25, 0.3) is 10.0 Å². The number of aromatic nitrogens is 3. The number of halogens is 3. The lowest BCUT2D eigenvalue weighted by atomic mass is 10.0. The summed E-state index contributed by atoms with van der Waals surface area (Å²) in [5, 5.41) is 7.50. The number of carbonyl (C=O) groups is 1. The fraction of sp³-hybridized carbons (Fsp3) is 0.222. The number of fused-ring (bicyclic) bond motifs is 1. The van der Waals surface area contributed by atoms with E-state index in [4.69, 9.17) is 9.90 Å². The van der Waals surface area contributed by atoms with E-state index in [2.05, 4.69) is 34.6 Å². The van der Waals surface area contributed by atoms with Crippen LogP contribution in [0.4, 0.5) is 18.3 Å². The molecule has 0 spiro atoms. The molecule has 41 heavy (non-hydrogen) atoms. The van der Waals surface area contributed by atoms with Crippen molar-refractivity contribution in [3.63, 3.8) is 0 Å². The molecule has 0 saturated heterocycles. The molecule has 14 heteroatoms. The van der Waals surface area contributed by atoms with Crippen LogP contribution < -0.4 is 4.72 Å². The average Bonchev–Trinajstić information content (AvgIpc) is 3.63. The van der Waals surface area contributed by atoms with Gasteiger partial charge in [0.2, 0.25) is 0 Å². The summed E-state index contributed by atoms with van der Waals surface area (Å²) < 4.78 is 64.9. The molecule has 5 rings (SSSR count). The standard InChI is InChI=1S/C25H24N4O2S3.C2HF3O2/c1-17(2)12-20-14-21(19-7-5-6-18(13-19)15-29-11-10-26-16-29)24(32-20)34(30,31)28-25-27-22-8-3-4-9-23(22)33-25;3-2(4,5)1(6)7/h3-11,13-14,16-17H,12,15H2,1-2H3,(H,27,28);(H,6,7). The number of hydrogen-bond acceptors (Lipinski definition) is 7. The molecule has 8 nitrogen and oxygen atoms in total. The van der Waals surface area contributed by atoms with Crippen molar-refractivity contribution in [1.29, 1.82) is 0 Å². The Kier molecular flexibility index (Phi) is 9.14. The Hall–Kier alpha value is -3.75. The molecule has 0 aliphatic heterocycles. The van der Waals surface area contributed by atoms with Crippen LogP contribution in [0.1, 0.15) is 24.3 Å². The number of thiophene rings is 1. The molecular weight excluding hydrogens is 598 g/mol. The molecule has 0 fully saturated rings. The maximum absolute atomic E-state index is 13.6. The van der Waals surface area contributed by atoms with Crippen LogP contribution in [-0.4, -0.2) is 40.2 Å². The minimum atomic E-state index is -5.08. The number of sulfonamides is 1. The SMILES string of the molecule is CC(C)Cc1cc(-c2cccc(Cn3ccnc3)c2)c(S(=O)(=O)Nc2nc3ccccc3s2)s1.O=C(O)C(F)(F)F. The first kappa shape index (κ1) is 30.2. The Bertz CT molecular complexity index is 1710. The molecule has 0 amide bonds. The van der Waals surface area contributed by atoms with E-state index in [1.54, 1.807) is 12.5 Å². The van der Waals surface area contributed by atoms with Gasteiger partial charge in [0.15, 0.2) is 5.13 Å². The minimum absolute atomic E-state index is 0.321. The molecule has 0 saturated carbocycles. The molecule has 216 valence electrons. The van der Waals surface area contributed by atoms with Crippen LogP contribution in [0.2, 0.25) is 0 Å². The summed E-state index contributed by atoms with van der Waals surface area (Å²) in [6, 6.07) is 17.7. The number of thiazole rings is 1. The van der Waals surface area contributed by atoms with E-state index in [0.717, 1.165) is 38.2 Å². The third kappa shape index (κ3) is 7.93. The number of anilines is 1. The van der Waals surface area contributed by atoms with Crippen molar-refractivity contribution < 1.29 is 31.5 Å². The van der Waals surface area contributed by atoms with Crippen molar-refractivity contribution in [3.8, 4) is 11.1 Å². The van der Waals surface area contributed by atoms with E-state index in [-0.39, 0.29) is 0 Å². The van der Waals surface area contributed by atoms with Crippen molar-refractivity contribution in [2.45, 2.75) is 37.2 Å². The normalized spacial score (nSPS) is 11.9. The molecule has 0 unspecified atom stereocenters. The number of rotatable bonds is 8. The van der Waals surface area contributed by atoms with Gasteiger partial charge in [-0.05, 0) is 47.7 Å². The molecule has 0 aliphatic carbocycles. The number of nitrogens with zero attached hydrogens (tertiary/aromatic N) is 3. The van der Waals surface area contributed by atoms with Crippen LogP contribution in [0.5, 0.6) is 0 Å². The summed E-state index contributed by atoms with van der Waals surface area (Å²) >= 11 is 2.68. The molecular formula is C27H25F3N4O4S3. The number of para-hydroxylation sites is 1. The zero-order valence-corrected chi connectivity index (χ0v) is 24.2. The first-order valence-corrected chi connectivity index (χ1v) is 15.3. The summed E-state index contributed by atoms with van der Waals surface area (Å²) in [6.45, 7) is 4.94. The van der Waals surface area contributed by atoms with E-state index >= 15 is 0 Å². The van der Waals surface area contributed by atoms with Gasteiger partial charge in [0.1, 0.15) is 4.21 Å². The van der Waals surface area contributed by atoms with Gasteiger partial charge < -0.3 is 9.67 Å². The highest BCUT2D eigenvalue weighted by atomic mass is 32.2. The summed E-state index contributed by atoms with van der Waals surface area (Å²) in [5.41, 5.74) is 3.47. The van der Waals surface area contributed by atoms with E-state index in [9.17, 15) is 21.6 Å². The summed E-state index contributed by atoms with van der Waals surface area (Å²) in [7, 11) is -3.82. The van der Waals surface area contributed by atoms with Crippen LogP contribution in [0.25, 0.3) is 21.3 Å². The van der Waals surface area contributed by atoms with E-state index in [0.29, 0.717) is 21.8 Å². The Morgan fingerprint density at radius 3 is 2.46 bits per heavy atom. The third-order valence-corrected chi connectivity index (χ3v) is 9.63. The Morgan fingerprint density at radius 1 is 1.10 bits per heavy atom. The highest BCUT2D eigenvalue weighted by Gasteiger charge is 2.38. The summed E-state index contributed by atoms with van der Waals surface area (Å²) in [5.74, 6) is -2.33. The topological polar surface area (TPSA) is 114 Å². The molecule has 0 aliphatic rings. The van der Waals surface area contributed by atoms with Crippen LogP contribution >= 0.6 is 22.7 Å². The van der Waals surface area contributed by atoms with Gasteiger partial charge in [-0.2, -0.15) is 13.2 Å². The number of aliphatic carboxylic acids is 1. The third-order valence-electron chi connectivity index (χ3n) is 5.52. The molecule has 5 aromatic rings. The highest BCUT2D eigenvalue weighted by molar-refractivity contribution is 7.95. The average molecular weight is 623 g/mol. The maximum atomic E-state index is 13.6. The smallest absolute Gasteiger partial charge is 0.475 e. The van der Waals surface area contributed by atoms with Gasteiger partial charge in [-0.25, -0.2) is 23.2 Å². The second-order valence-electron chi connectivity index (χ2n) is 9.34. The Labute approximate surface area is 242 Å². The molecule has 0 bridgehead atoms. The number of carboxylic acids is 1. The van der Waals surface area contributed by atoms with Crippen molar-refractivity contribution in [1.82, 2.24) is 14.5 Å². The number of carboxylic acid groups (broad SMARTS) is 1. The van der Waals surface area contributed by atoms with Crippen molar-refractivity contribution in [2.24, 2.45) is 5.92 Å². The molecule has 0 atom stereocenters. The summed E-state index contributed by atoms with van der Waals surface area (Å²) in [6.07, 6.45) is 1.17. The van der Waals surface area contributed by atoms with Crippen LogP contribution in [0.15, 0.2) is 77.5 Å². The molecule has 0 radical (unpaired) electrons. The van der Waals surface area contributed by atoms with E-state index in [1.165, 1.54) is 22.7 Å². The second kappa shape index (κ2) is 12.4. The van der Waals surface area contributed by atoms with Crippen LogP contribution in [0, 0.1) is 5.92 Å². The Morgan fingerprint density at radius 2 is 1.83 bits per heavy atom. The molecule has 2 aromatic carbocycles. The first-order chi connectivity index (χ1) is 19.3. The lowest BCUT2D eigenvalue weighted by Gasteiger charge is -2.09. The first-order valence-electron chi connectivity index (χ1n) is 12.2. The lowest BCUT2D eigenvalue weighted by Crippen LogP contribution is -2.21. The zero-order chi connectivity index (χ0) is 29.8. The van der Waals surface area contributed by atoms with Crippen molar-refractivity contribution >= 4 is 54.0 Å². The lowest BCUT2D eigenvalue weighted by molar-refractivity contribution is -0.192. The van der Waals surface area contributed by atoms with Gasteiger partial charge in [-0.15, -0.1) is 11.3 Å². The Balaban J connectivity index is 0.000000493. The predicted octanol–water partition coefficient (Wildman–Crippen LogP) is 6.90. The fourth-order valence-corrected chi connectivity index (χ4v) is 7.88.